The number of hydrogen-bond acceptors (Lipinski definition) is 5. The zero-order chi connectivity index (χ0) is 23.5. The summed E-state index contributed by atoms with van der Waals surface area (Å²) in [5.74, 6) is -0.328. The molecule has 8 nitrogen and oxygen atoms in total. The Kier molecular flexibility index (Phi) is 8.41. The van der Waals surface area contributed by atoms with Crippen LogP contribution in [0.3, 0.4) is 0 Å². The van der Waals surface area contributed by atoms with Gasteiger partial charge in [0.05, 0.1) is 19.2 Å². The van der Waals surface area contributed by atoms with Gasteiger partial charge < -0.3 is 15.4 Å². The first-order valence-electron chi connectivity index (χ1n) is 10.4. The Hall–Kier alpha value is -4.33. The van der Waals surface area contributed by atoms with Crippen molar-refractivity contribution >= 4 is 23.4 Å². The molecule has 3 amide bonds. The predicted molar refractivity (Wildman–Crippen MR) is 126 cm³/mol. The molecule has 0 radical (unpaired) electrons. The van der Waals surface area contributed by atoms with Gasteiger partial charge in [-0.15, -0.1) is 0 Å². The second-order valence-electron chi connectivity index (χ2n) is 7.12. The lowest BCUT2D eigenvalue weighted by atomic mass is 10.1. The lowest BCUT2D eigenvalue weighted by Crippen LogP contribution is -2.44. The van der Waals surface area contributed by atoms with Crippen molar-refractivity contribution in [2.45, 2.75) is 6.42 Å². The number of nitrogens with one attached hydrogen (secondary N) is 4. The smallest absolute Gasteiger partial charge is 0.269 e. The van der Waals surface area contributed by atoms with Gasteiger partial charge in [0.2, 0.25) is 0 Å². The summed E-state index contributed by atoms with van der Waals surface area (Å²) in [5.41, 5.74) is 7.16. The van der Waals surface area contributed by atoms with Gasteiger partial charge in [0.1, 0.15) is 5.75 Å². The lowest BCUT2D eigenvalue weighted by Gasteiger charge is -2.13. The van der Waals surface area contributed by atoms with Gasteiger partial charge in [0.25, 0.3) is 17.7 Å². The SMILES string of the molecule is COc1ccc(CCNC(=O)c2ccccc2NCC(=O)NNC(=O)c2ccccc2)cc1. The predicted octanol–water partition coefficient (Wildman–Crippen LogP) is 2.54. The zero-order valence-electron chi connectivity index (χ0n) is 18.3. The molecule has 33 heavy (non-hydrogen) atoms. The highest BCUT2D eigenvalue weighted by molar-refractivity contribution is 6.00. The quantitative estimate of drug-likeness (QED) is 0.378. The van der Waals surface area contributed by atoms with Crippen LogP contribution in [0.25, 0.3) is 0 Å². The Bertz CT molecular complexity index is 1090. The van der Waals surface area contributed by atoms with Gasteiger partial charge in [-0.05, 0) is 48.4 Å². The molecular weight excluding hydrogens is 420 g/mol. The molecule has 0 aliphatic heterocycles. The van der Waals surface area contributed by atoms with Crippen molar-refractivity contribution < 1.29 is 19.1 Å². The Morgan fingerprint density at radius 2 is 1.48 bits per heavy atom. The maximum Gasteiger partial charge on any atom is 0.269 e. The van der Waals surface area contributed by atoms with Crippen LogP contribution in [0, 0.1) is 0 Å². The van der Waals surface area contributed by atoms with Crippen molar-refractivity contribution in [1.82, 2.24) is 16.2 Å². The minimum absolute atomic E-state index is 0.120. The summed E-state index contributed by atoms with van der Waals surface area (Å²) in [4.78, 5) is 36.8. The molecule has 0 fully saturated rings. The van der Waals surface area contributed by atoms with Gasteiger partial charge in [-0.25, -0.2) is 0 Å². The molecule has 3 aromatic carbocycles. The molecule has 0 bridgehead atoms. The first-order chi connectivity index (χ1) is 16.1. The van der Waals surface area contributed by atoms with Crippen molar-refractivity contribution in [3.63, 3.8) is 0 Å². The summed E-state index contributed by atoms with van der Waals surface area (Å²) >= 11 is 0. The largest absolute Gasteiger partial charge is 0.497 e. The van der Waals surface area contributed by atoms with Crippen LogP contribution in [0.5, 0.6) is 5.75 Å². The molecule has 0 atom stereocenters. The fourth-order valence-corrected chi connectivity index (χ4v) is 3.05. The van der Waals surface area contributed by atoms with Gasteiger partial charge in [-0.1, -0.05) is 42.5 Å². The molecule has 0 saturated carbocycles. The number of carbonyl (C=O) groups is 3. The van der Waals surface area contributed by atoms with E-state index in [0.717, 1.165) is 11.3 Å². The highest BCUT2D eigenvalue weighted by Gasteiger charge is 2.12. The van der Waals surface area contributed by atoms with E-state index in [4.69, 9.17) is 4.74 Å². The van der Waals surface area contributed by atoms with Gasteiger partial charge in [0.15, 0.2) is 0 Å². The number of hydrogen-bond donors (Lipinski definition) is 4. The number of amides is 3. The fourth-order valence-electron chi connectivity index (χ4n) is 3.05. The number of benzene rings is 3. The van der Waals surface area contributed by atoms with Crippen LogP contribution in [0.1, 0.15) is 26.3 Å². The molecular formula is C25H26N4O4. The van der Waals surface area contributed by atoms with Gasteiger partial charge in [-0.2, -0.15) is 0 Å². The molecule has 0 aromatic heterocycles. The summed E-state index contributed by atoms with van der Waals surface area (Å²) in [7, 11) is 1.62. The van der Waals surface area contributed by atoms with Crippen molar-refractivity contribution in [2.75, 3.05) is 25.5 Å². The highest BCUT2D eigenvalue weighted by Crippen LogP contribution is 2.15. The Morgan fingerprint density at radius 3 is 2.21 bits per heavy atom. The van der Waals surface area contributed by atoms with E-state index in [1.165, 1.54) is 0 Å². The first kappa shape index (κ1) is 23.3. The molecule has 0 saturated heterocycles. The van der Waals surface area contributed by atoms with Gasteiger partial charge in [-0.3, -0.25) is 25.2 Å². The number of carbonyl (C=O) groups excluding carboxylic acids is 3. The molecule has 4 N–H and O–H groups in total. The maximum absolute atomic E-state index is 12.6. The van der Waals surface area contributed by atoms with Crippen LogP contribution in [0.2, 0.25) is 0 Å². The van der Waals surface area contributed by atoms with Gasteiger partial charge in [0, 0.05) is 17.8 Å². The third-order valence-corrected chi connectivity index (χ3v) is 4.82. The Morgan fingerprint density at radius 1 is 0.788 bits per heavy atom. The highest BCUT2D eigenvalue weighted by atomic mass is 16.5. The number of ether oxygens (including phenoxy) is 1. The van der Waals surface area contributed by atoms with E-state index in [2.05, 4.69) is 21.5 Å². The van der Waals surface area contributed by atoms with Crippen molar-refractivity contribution in [1.29, 1.82) is 0 Å². The molecule has 8 heteroatoms. The Balaban J connectivity index is 1.47. The van der Waals surface area contributed by atoms with E-state index in [9.17, 15) is 14.4 Å². The fraction of sp³-hybridized carbons (Fsp3) is 0.160. The van der Waals surface area contributed by atoms with Crippen LogP contribution in [-0.4, -0.2) is 37.9 Å². The first-order valence-corrected chi connectivity index (χ1v) is 10.4. The average Bonchev–Trinajstić information content (AvgIpc) is 2.87. The van der Waals surface area contributed by atoms with Crippen LogP contribution >= 0.6 is 0 Å². The monoisotopic (exact) mass is 446 g/mol. The number of rotatable bonds is 9. The zero-order valence-corrected chi connectivity index (χ0v) is 18.3. The lowest BCUT2D eigenvalue weighted by molar-refractivity contribution is -0.120. The van der Waals surface area contributed by atoms with E-state index >= 15 is 0 Å². The molecule has 0 unspecified atom stereocenters. The summed E-state index contributed by atoms with van der Waals surface area (Å²) < 4.78 is 5.14. The average molecular weight is 447 g/mol. The normalized spacial score (nSPS) is 10.1. The molecule has 0 spiro atoms. The summed E-state index contributed by atoms with van der Waals surface area (Å²) in [6, 6.07) is 23.1. The second-order valence-corrected chi connectivity index (χ2v) is 7.12. The van der Waals surface area contributed by atoms with E-state index < -0.39 is 11.8 Å². The van der Waals surface area contributed by atoms with Crippen molar-refractivity contribution in [2.24, 2.45) is 0 Å². The molecule has 170 valence electrons. The molecule has 0 heterocycles. The number of para-hydroxylation sites is 1. The summed E-state index contributed by atoms with van der Waals surface area (Å²) in [6.45, 7) is 0.344. The summed E-state index contributed by atoms with van der Waals surface area (Å²) in [6.07, 6.45) is 0.675. The summed E-state index contributed by atoms with van der Waals surface area (Å²) in [5, 5.41) is 5.83. The van der Waals surface area contributed by atoms with Crippen LogP contribution < -0.4 is 26.2 Å². The minimum Gasteiger partial charge on any atom is -0.497 e. The van der Waals surface area contributed by atoms with Crippen LogP contribution in [-0.2, 0) is 11.2 Å². The standard InChI is InChI=1S/C25H26N4O4/c1-33-20-13-11-18(12-14-20)15-16-26-25(32)21-9-5-6-10-22(21)27-17-23(30)28-29-24(31)19-7-3-2-4-8-19/h2-14,27H,15-17H2,1H3,(H,26,32)(H,28,30)(H,29,31). The van der Waals surface area contributed by atoms with Crippen LogP contribution in [0.4, 0.5) is 5.69 Å². The molecule has 3 rings (SSSR count). The molecule has 0 aliphatic carbocycles. The topological polar surface area (TPSA) is 109 Å². The third-order valence-electron chi connectivity index (χ3n) is 4.82. The number of anilines is 1. The van der Waals surface area contributed by atoms with E-state index in [-0.39, 0.29) is 12.5 Å². The Labute approximate surface area is 192 Å². The van der Waals surface area contributed by atoms with E-state index in [1.54, 1.807) is 61.7 Å². The van der Waals surface area contributed by atoms with Crippen molar-refractivity contribution in [3.05, 3.63) is 95.6 Å². The molecule has 3 aromatic rings. The second kappa shape index (κ2) is 11.9. The minimum atomic E-state index is -0.450. The number of hydrazine groups is 1. The van der Waals surface area contributed by atoms with Crippen molar-refractivity contribution in [3.8, 4) is 5.75 Å². The maximum atomic E-state index is 12.6. The van der Waals surface area contributed by atoms with Gasteiger partial charge >= 0.3 is 0 Å². The van der Waals surface area contributed by atoms with E-state index in [1.807, 2.05) is 24.3 Å². The third kappa shape index (κ3) is 7.10. The molecule has 0 aliphatic rings. The van der Waals surface area contributed by atoms with E-state index in [0.29, 0.717) is 29.8 Å². The van der Waals surface area contributed by atoms with Crippen LogP contribution in [0.15, 0.2) is 78.9 Å². The number of methoxy groups -OCH3 is 1.